The first-order valence-corrected chi connectivity index (χ1v) is 7.23. The summed E-state index contributed by atoms with van der Waals surface area (Å²) >= 11 is 0. The molecular formula is C16H20N4O. The minimum atomic E-state index is -0.0750. The first-order valence-electron chi connectivity index (χ1n) is 7.23. The van der Waals surface area contributed by atoms with E-state index in [1.807, 2.05) is 24.3 Å². The zero-order chi connectivity index (χ0) is 15.0. The first-order chi connectivity index (χ1) is 9.95. The van der Waals surface area contributed by atoms with Gasteiger partial charge in [0.25, 0.3) is 0 Å². The summed E-state index contributed by atoms with van der Waals surface area (Å²) in [5, 5.41) is 11.2. The lowest BCUT2D eigenvalue weighted by Crippen LogP contribution is -2.43. The number of hydrogen-bond donors (Lipinski definition) is 1. The van der Waals surface area contributed by atoms with Gasteiger partial charge in [-0.2, -0.15) is 0 Å². The zero-order valence-electron chi connectivity index (χ0n) is 12.6. The van der Waals surface area contributed by atoms with E-state index in [9.17, 15) is 4.79 Å². The fourth-order valence-electron chi connectivity index (χ4n) is 2.29. The molecule has 1 saturated heterocycles. The predicted molar refractivity (Wildman–Crippen MR) is 80.5 cm³/mol. The van der Waals surface area contributed by atoms with Crippen molar-refractivity contribution in [1.29, 1.82) is 0 Å². The lowest BCUT2D eigenvalue weighted by atomic mass is 9.86. The van der Waals surface area contributed by atoms with Crippen molar-refractivity contribution in [1.82, 2.24) is 20.3 Å². The quantitative estimate of drug-likeness (QED) is 0.875. The zero-order valence-corrected chi connectivity index (χ0v) is 12.6. The molecule has 0 amide bonds. The number of nitrogens with zero attached hydrogens (tertiary/aromatic N) is 3. The van der Waals surface area contributed by atoms with E-state index in [4.69, 9.17) is 0 Å². The van der Waals surface area contributed by atoms with Gasteiger partial charge in [-0.3, -0.25) is 4.79 Å². The highest BCUT2D eigenvalue weighted by Gasteiger charge is 2.22. The van der Waals surface area contributed by atoms with E-state index < -0.39 is 0 Å². The molecule has 1 aromatic carbocycles. The lowest BCUT2D eigenvalue weighted by molar-refractivity contribution is 0.103. The monoisotopic (exact) mass is 284 g/mol. The molecule has 1 fully saturated rings. The molecule has 1 aromatic heterocycles. The van der Waals surface area contributed by atoms with Crippen LogP contribution in [0, 0.1) is 0 Å². The van der Waals surface area contributed by atoms with Crippen LogP contribution in [-0.4, -0.2) is 33.9 Å². The van der Waals surface area contributed by atoms with Gasteiger partial charge < -0.3 is 5.32 Å². The summed E-state index contributed by atoms with van der Waals surface area (Å²) in [5.74, 6) is -0.0750. The number of carbonyl (C=O) groups is 1. The molecule has 0 aliphatic carbocycles. The topological polar surface area (TPSA) is 59.8 Å². The molecular weight excluding hydrogens is 264 g/mol. The van der Waals surface area contributed by atoms with Crippen LogP contribution in [0.2, 0.25) is 0 Å². The first kappa shape index (κ1) is 13.9. The highest BCUT2D eigenvalue weighted by molar-refractivity contribution is 6.07. The summed E-state index contributed by atoms with van der Waals surface area (Å²) in [6.07, 6.45) is 1.74. The molecule has 2 aromatic rings. The Balaban J connectivity index is 1.79. The van der Waals surface area contributed by atoms with E-state index in [-0.39, 0.29) is 11.2 Å². The molecule has 110 valence electrons. The molecule has 0 unspecified atom stereocenters. The maximum atomic E-state index is 12.4. The Kier molecular flexibility index (Phi) is 3.37. The number of nitrogens with one attached hydrogen (secondary N) is 1. The van der Waals surface area contributed by atoms with E-state index in [0.29, 0.717) is 17.3 Å². The third-order valence-electron chi connectivity index (χ3n) is 3.89. The maximum Gasteiger partial charge on any atom is 0.214 e. The van der Waals surface area contributed by atoms with Gasteiger partial charge in [0.2, 0.25) is 5.78 Å². The largest absolute Gasteiger partial charge is 0.312 e. The Morgan fingerprint density at radius 2 is 1.90 bits per heavy atom. The van der Waals surface area contributed by atoms with Gasteiger partial charge in [0.1, 0.15) is 0 Å². The van der Waals surface area contributed by atoms with Crippen molar-refractivity contribution in [2.45, 2.75) is 32.2 Å². The Hall–Kier alpha value is -2.01. The molecule has 1 aliphatic rings. The minimum Gasteiger partial charge on any atom is -0.312 e. The third-order valence-corrected chi connectivity index (χ3v) is 3.89. The van der Waals surface area contributed by atoms with Crippen LogP contribution in [0.25, 0.3) is 0 Å². The number of benzene rings is 1. The van der Waals surface area contributed by atoms with Crippen molar-refractivity contribution in [2.24, 2.45) is 0 Å². The van der Waals surface area contributed by atoms with Gasteiger partial charge in [-0.1, -0.05) is 50.3 Å². The van der Waals surface area contributed by atoms with Crippen molar-refractivity contribution in [3.05, 3.63) is 47.3 Å². The normalized spacial score (nSPS) is 15.8. The summed E-state index contributed by atoms with van der Waals surface area (Å²) in [4.78, 5) is 12.4. The van der Waals surface area contributed by atoms with Crippen LogP contribution < -0.4 is 5.32 Å². The number of aromatic nitrogens is 3. The van der Waals surface area contributed by atoms with Crippen LogP contribution in [0.4, 0.5) is 0 Å². The van der Waals surface area contributed by atoms with Gasteiger partial charge in [-0.05, 0) is 11.0 Å². The fraction of sp³-hybridized carbons (Fsp3) is 0.438. The van der Waals surface area contributed by atoms with Crippen LogP contribution >= 0.6 is 0 Å². The number of carbonyl (C=O) groups excluding carboxylic acids is 1. The molecule has 0 radical (unpaired) electrons. The van der Waals surface area contributed by atoms with Gasteiger partial charge in [-0.15, -0.1) is 5.10 Å². The van der Waals surface area contributed by atoms with Gasteiger partial charge in [0, 0.05) is 18.7 Å². The highest BCUT2D eigenvalue weighted by Crippen LogP contribution is 2.22. The summed E-state index contributed by atoms with van der Waals surface area (Å²) < 4.78 is 1.77. The molecule has 5 heteroatoms. The second-order valence-electron chi connectivity index (χ2n) is 6.55. The molecule has 0 bridgehead atoms. The Bertz CT molecular complexity index is 648. The summed E-state index contributed by atoms with van der Waals surface area (Å²) in [6, 6.07) is 8.07. The molecule has 3 rings (SSSR count). The molecule has 21 heavy (non-hydrogen) atoms. The van der Waals surface area contributed by atoms with E-state index >= 15 is 0 Å². The van der Waals surface area contributed by atoms with Gasteiger partial charge in [0.15, 0.2) is 5.69 Å². The molecule has 5 nitrogen and oxygen atoms in total. The smallest absolute Gasteiger partial charge is 0.214 e. The van der Waals surface area contributed by atoms with Crippen molar-refractivity contribution in [3.63, 3.8) is 0 Å². The standard InChI is InChI=1S/C16H20N4O/c1-16(2,3)12-6-4-11(5-7-12)15(21)14-10-20(19-18-14)13-8-17-9-13/h4-7,10,13,17H,8-9H2,1-3H3. The lowest BCUT2D eigenvalue weighted by Gasteiger charge is -2.26. The molecule has 1 N–H and O–H groups in total. The average molecular weight is 284 g/mol. The maximum absolute atomic E-state index is 12.4. The number of rotatable bonds is 3. The summed E-state index contributed by atoms with van der Waals surface area (Å²) in [5.41, 5.74) is 2.36. The highest BCUT2D eigenvalue weighted by atomic mass is 16.1. The Morgan fingerprint density at radius 3 is 2.43 bits per heavy atom. The third kappa shape index (κ3) is 2.74. The van der Waals surface area contributed by atoms with Gasteiger partial charge in [0.05, 0.1) is 12.2 Å². The van der Waals surface area contributed by atoms with Crippen molar-refractivity contribution >= 4 is 5.78 Å². The molecule has 2 heterocycles. The molecule has 0 saturated carbocycles. The Labute approximate surface area is 124 Å². The molecule has 0 spiro atoms. The fourth-order valence-corrected chi connectivity index (χ4v) is 2.29. The van der Waals surface area contributed by atoms with E-state index in [2.05, 4.69) is 36.4 Å². The average Bonchev–Trinajstić information content (AvgIpc) is 2.84. The summed E-state index contributed by atoms with van der Waals surface area (Å²) in [7, 11) is 0. The van der Waals surface area contributed by atoms with E-state index in [1.165, 1.54) is 5.56 Å². The van der Waals surface area contributed by atoms with Crippen LogP contribution in [0.1, 0.15) is 48.4 Å². The van der Waals surface area contributed by atoms with Gasteiger partial charge in [-0.25, -0.2) is 4.68 Å². The number of ketones is 1. The van der Waals surface area contributed by atoms with Crippen molar-refractivity contribution < 1.29 is 4.79 Å². The SMILES string of the molecule is CC(C)(C)c1ccc(C(=O)c2cn(C3CNC3)nn2)cc1. The second kappa shape index (κ2) is 5.07. The molecule has 0 atom stereocenters. The van der Waals surface area contributed by atoms with Crippen LogP contribution in [-0.2, 0) is 5.41 Å². The second-order valence-corrected chi connectivity index (χ2v) is 6.55. The van der Waals surface area contributed by atoms with Crippen molar-refractivity contribution in [2.75, 3.05) is 13.1 Å². The van der Waals surface area contributed by atoms with E-state index in [1.54, 1.807) is 10.9 Å². The molecule has 1 aliphatic heterocycles. The summed E-state index contributed by atoms with van der Waals surface area (Å²) in [6.45, 7) is 8.24. The van der Waals surface area contributed by atoms with Crippen LogP contribution in [0.3, 0.4) is 0 Å². The van der Waals surface area contributed by atoms with Crippen molar-refractivity contribution in [3.8, 4) is 0 Å². The van der Waals surface area contributed by atoms with E-state index in [0.717, 1.165) is 13.1 Å². The van der Waals surface area contributed by atoms with Crippen LogP contribution in [0.15, 0.2) is 30.5 Å². The van der Waals surface area contributed by atoms with Crippen LogP contribution in [0.5, 0.6) is 0 Å². The Morgan fingerprint density at radius 1 is 1.24 bits per heavy atom. The number of hydrogen-bond acceptors (Lipinski definition) is 4. The minimum absolute atomic E-state index is 0.0750. The van der Waals surface area contributed by atoms with Gasteiger partial charge >= 0.3 is 0 Å². The predicted octanol–water partition coefficient (Wildman–Crippen LogP) is 1.95.